The first-order valence-electron chi connectivity index (χ1n) is 17.5. The molecule has 2 aliphatic carbocycles. The number of fused-ring (bicyclic) bond motifs is 1. The second kappa shape index (κ2) is 14.1. The van der Waals surface area contributed by atoms with E-state index in [0.717, 1.165) is 31.2 Å². The Morgan fingerprint density at radius 2 is 1.63 bits per heavy atom. The summed E-state index contributed by atoms with van der Waals surface area (Å²) in [7, 11) is -3.99. The molecular weight excluding hydrogens is 671 g/mol. The van der Waals surface area contributed by atoms with E-state index in [-0.39, 0.29) is 41.8 Å². The van der Waals surface area contributed by atoms with Crippen molar-refractivity contribution >= 4 is 39.3 Å². The summed E-state index contributed by atoms with van der Waals surface area (Å²) in [5.74, 6) is 0.0983. The number of carbonyl (C=O) groups is 3. The average molecular weight is 718 g/mol. The zero-order valence-corrected chi connectivity index (χ0v) is 30.8. The van der Waals surface area contributed by atoms with Crippen molar-refractivity contribution in [2.24, 2.45) is 22.9 Å². The number of nitrogens with one attached hydrogen (secondary N) is 3. The Kier molecular flexibility index (Phi) is 9.99. The Labute approximate surface area is 299 Å². The van der Waals surface area contributed by atoms with E-state index < -0.39 is 27.8 Å². The summed E-state index contributed by atoms with van der Waals surface area (Å²) in [6.07, 6.45) is 5.11. The van der Waals surface area contributed by atoms with Crippen LogP contribution in [0.4, 0.5) is 10.5 Å². The van der Waals surface area contributed by atoms with Crippen LogP contribution >= 0.6 is 0 Å². The van der Waals surface area contributed by atoms with Gasteiger partial charge in [-0.05, 0) is 121 Å². The number of sulfonamides is 1. The molecule has 3 amide bonds. The molecular formula is C37H47N7O6S. The van der Waals surface area contributed by atoms with Gasteiger partial charge in [0.15, 0.2) is 0 Å². The molecule has 6 rings (SSSR count). The standard InChI is InChI=1S/C37H47N7O6S/c1-22(2)44-31(17-18-38-44)34(45)40-33(32(24-9-10-24)25-11-12-25)35(46)39-27-13-16-29-26(19-27)20-43(36(47)50-37(4,5)6)21-30(29)41-42-51(48,49)28-14-7-23(3)8-15-28/h7-8,13-19,22,24-25,32-33,42H,9-12,20-21H2,1-6H3,(H,39,46)(H,40,45)/b41-30+/t33-/m0/s1. The molecule has 1 aromatic heterocycles. The molecule has 0 bridgehead atoms. The predicted molar refractivity (Wildman–Crippen MR) is 193 cm³/mol. The molecule has 3 aromatic rings. The van der Waals surface area contributed by atoms with Crippen LogP contribution in [-0.2, 0) is 26.1 Å². The van der Waals surface area contributed by atoms with Crippen LogP contribution in [0.2, 0.25) is 0 Å². The topological polar surface area (TPSA) is 164 Å². The number of hydrogen-bond donors (Lipinski definition) is 3. The molecule has 2 fully saturated rings. The summed E-state index contributed by atoms with van der Waals surface area (Å²) >= 11 is 0. The number of nitrogens with zero attached hydrogens (tertiary/aromatic N) is 4. The average Bonchev–Trinajstić information content (AvgIpc) is 4.01. The third-order valence-electron chi connectivity index (χ3n) is 9.35. The quantitative estimate of drug-likeness (QED) is 0.224. The number of rotatable bonds is 11. The lowest BCUT2D eigenvalue weighted by Gasteiger charge is -2.32. The van der Waals surface area contributed by atoms with Gasteiger partial charge in [0, 0.05) is 23.5 Å². The fraction of sp³-hybridized carbons (Fsp3) is 0.486. The first-order chi connectivity index (χ1) is 24.1. The smallest absolute Gasteiger partial charge is 0.410 e. The summed E-state index contributed by atoms with van der Waals surface area (Å²) in [6.45, 7) is 11.2. The Balaban J connectivity index is 1.28. The monoisotopic (exact) mass is 717 g/mol. The van der Waals surface area contributed by atoms with Crippen LogP contribution < -0.4 is 15.5 Å². The van der Waals surface area contributed by atoms with Crippen molar-refractivity contribution < 1.29 is 27.5 Å². The van der Waals surface area contributed by atoms with Gasteiger partial charge in [0.05, 0.1) is 23.7 Å². The fourth-order valence-corrected chi connectivity index (χ4v) is 7.45. The van der Waals surface area contributed by atoms with Crippen LogP contribution in [0.15, 0.2) is 64.7 Å². The van der Waals surface area contributed by atoms with Crippen LogP contribution in [0.5, 0.6) is 0 Å². The molecule has 0 radical (unpaired) electrons. The third kappa shape index (κ3) is 8.61. The molecule has 51 heavy (non-hydrogen) atoms. The SMILES string of the molecule is Cc1ccc(S(=O)(=O)N/N=C2\CN(C(=O)OC(C)(C)C)Cc3cc(NC(=O)[C@@H](NC(=O)c4ccnn4C(C)C)C(C4CC4)C4CC4)ccc32)cc1. The second-order valence-electron chi connectivity index (χ2n) is 15.1. The molecule has 2 saturated carbocycles. The van der Waals surface area contributed by atoms with Gasteiger partial charge in [0.2, 0.25) is 5.91 Å². The van der Waals surface area contributed by atoms with Gasteiger partial charge >= 0.3 is 6.09 Å². The molecule has 272 valence electrons. The van der Waals surface area contributed by atoms with Gasteiger partial charge < -0.3 is 15.4 Å². The third-order valence-corrected chi connectivity index (χ3v) is 10.6. The molecule has 14 heteroatoms. The van der Waals surface area contributed by atoms with E-state index in [4.69, 9.17) is 4.74 Å². The second-order valence-corrected chi connectivity index (χ2v) is 16.8. The molecule has 1 aliphatic heterocycles. The molecule has 1 atom stereocenters. The maximum absolute atomic E-state index is 14.1. The molecule has 0 spiro atoms. The van der Waals surface area contributed by atoms with Crippen molar-refractivity contribution in [3.8, 4) is 0 Å². The van der Waals surface area contributed by atoms with Crippen molar-refractivity contribution in [2.75, 3.05) is 11.9 Å². The minimum atomic E-state index is -3.99. The highest BCUT2D eigenvalue weighted by atomic mass is 32.2. The Hall–Kier alpha value is -4.72. The minimum absolute atomic E-state index is 0.00441. The van der Waals surface area contributed by atoms with E-state index in [0.29, 0.717) is 40.1 Å². The Morgan fingerprint density at radius 3 is 2.24 bits per heavy atom. The lowest BCUT2D eigenvalue weighted by Crippen LogP contribution is -2.50. The first-order valence-corrected chi connectivity index (χ1v) is 19.0. The minimum Gasteiger partial charge on any atom is -0.444 e. The van der Waals surface area contributed by atoms with Crippen molar-refractivity contribution in [1.82, 2.24) is 24.8 Å². The van der Waals surface area contributed by atoms with Crippen molar-refractivity contribution in [2.45, 2.75) is 96.4 Å². The highest BCUT2D eigenvalue weighted by molar-refractivity contribution is 7.89. The van der Waals surface area contributed by atoms with E-state index in [1.807, 2.05) is 20.8 Å². The van der Waals surface area contributed by atoms with E-state index in [1.54, 1.807) is 68.0 Å². The first kappa shape index (κ1) is 36.1. The summed E-state index contributed by atoms with van der Waals surface area (Å²) in [6, 6.07) is 12.5. The number of hydrogen-bond acceptors (Lipinski definition) is 8. The maximum atomic E-state index is 14.1. The molecule has 13 nitrogen and oxygen atoms in total. The zero-order valence-electron chi connectivity index (χ0n) is 30.0. The molecule has 3 N–H and O–H groups in total. The number of benzene rings is 2. The fourth-order valence-electron chi connectivity index (χ4n) is 6.62. The summed E-state index contributed by atoms with van der Waals surface area (Å²) in [5.41, 5.74) is 2.60. The van der Waals surface area contributed by atoms with Crippen LogP contribution in [0.1, 0.15) is 93.5 Å². The van der Waals surface area contributed by atoms with Gasteiger partial charge in [0.25, 0.3) is 15.9 Å². The highest BCUT2D eigenvalue weighted by Gasteiger charge is 2.48. The lowest BCUT2D eigenvalue weighted by atomic mass is 9.88. The number of hydrazone groups is 1. The van der Waals surface area contributed by atoms with Crippen LogP contribution in [-0.4, -0.2) is 64.9 Å². The van der Waals surface area contributed by atoms with Crippen LogP contribution in [0.25, 0.3) is 0 Å². The molecule has 2 heterocycles. The van der Waals surface area contributed by atoms with E-state index >= 15 is 0 Å². The zero-order chi connectivity index (χ0) is 36.7. The normalized spacial score (nSPS) is 17.6. The van der Waals surface area contributed by atoms with Crippen molar-refractivity contribution in [1.29, 1.82) is 0 Å². The van der Waals surface area contributed by atoms with E-state index in [9.17, 15) is 22.8 Å². The number of aromatic nitrogens is 2. The summed E-state index contributed by atoms with van der Waals surface area (Å²) in [5, 5.41) is 14.7. The predicted octanol–water partition coefficient (Wildman–Crippen LogP) is 5.38. The van der Waals surface area contributed by atoms with Gasteiger partial charge in [-0.2, -0.15) is 23.4 Å². The van der Waals surface area contributed by atoms with Crippen molar-refractivity contribution in [3.63, 3.8) is 0 Å². The van der Waals surface area contributed by atoms with E-state index in [1.165, 1.54) is 17.0 Å². The maximum Gasteiger partial charge on any atom is 0.410 e. The van der Waals surface area contributed by atoms with E-state index in [2.05, 4.69) is 25.7 Å². The van der Waals surface area contributed by atoms with Gasteiger partial charge in [-0.1, -0.05) is 23.8 Å². The summed E-state index contributed by atoms with van der Waals surface area (Å²) < 4.78 is 33.5. The molecule has 2 aromatic carbocycles. The van der Waals surface area contributed by atoms with Gasteiger partial charge in [-0.25, -0.2) is 4.79 Å². The molecule has 0 unspecified atom stereocenters. The lowest BCUT2D eigenvalue weighted by molar-refractivity contribution is -0.119. The number of aryl methyl sites for hydroxylation is 1. The number of amides is 3. The molecule has 0 saturated heterocycles. The Bertz CT molecular complexity index is 1930. The van der Waals surface area contributed by atoms with Gasteiger partial charge in [-0.15, -0.1) is 0 Å². The summed E-state index contributed by atoms with van der Waals surface area (Å²) in [4.78, 5) is 44.8. The highest BCUT2D eigenvalue weighted by Crippen LogP contribution is 2.51. The van der Waals surface area contributed by atoms with Crippen molar-refractivity contribution in [3.05, 3.63) is 77.1 Å². The van der Waals surface area contributed by atoms with Gasteiger partial charge in [0.1, 0.15) is 17.3 Å². The Morgan fingerprint density at radius 1 is 0.961 bits per heavy atom. The van der Waals surface area contributed by atoms with Crippen LogP contribution in [0.3, 0.4) is 0 Å². The number of ether oxygens (including phenoxy) is 1. The molecule has 3 aliphatic rings. The number of anilines is 1. The largest absolute Gasteiger partial charge is 0.444 e. The van der Waals surface area contributed by atoms with Gasteiger partial charge in [-0.3, -0.25) is 19.2 Å². The van der Waals surface area contributed by atoms with Crippen LogP contribution in [0, 0.1) is 24.7 Å². The number of carbonyl (C=O) groups excluding carboxylic acids is 3.